The molecule has 1 saturated heterocycles. The van der Waals surface area contributed by atoms with Crippen molar-refractivity contribution in [2.45, 2.75) is 32.7 Å². The third kappa shape index (κ3) is 4.48. The molecule has 0 amide bonds. The first kappa shape index (κ1) is 14.2. The lowest BCUT2D eigenvalue weighted by Gasteiger charge is -2.18. The molecule has 98 valence electrons. The van der Waals surface area contributed by atoms with E-state index in [1.165, 1.54) is 7.11 Å². The smallest absolute Gasteiger partial charge is 0.333 e. The Labute approximate surface area is 103 Å². The van der Waals surface area contributed by atoms with Crippen molar-refractivity contribution >= 4 is 5.97 Å². The van der Waals surface area contributed by atoms with Crippen LogP contribution in [0.25, 0.3) is 0 Å². The van der Waals surface area contributed by atoms with Crippen molar-refractivity contribution in [3.05, 3.63) is 11.6 Å². The lowest BCUT2D eigenvalue weighted by atomic mass is 10.0. The molecule has 17 heavy (non-hydrogen) atoms. The summed E-state index contributed by atoms with van der Waals surface area (Å²) >= 11 is 0. The molecule has 0 aliphatic carbocycles. The molecule has 1 heterocycles. The van der Waals surface area contributed by atoms with Crippen LogP contribution >= 0.6 is 0 Å². The zero-order valence-electron chi connectivity index (χ0n) is 11.0. The van der Waals surface area contributed by atoms with Gasteiger partial charge in [0.25, 0.3) is 0 Å². The van der Waals surface area contributed by atoms with Crippen LogP contribution < -0.4 is 5.32 Å². The van der Waals surface area contributed by atoms with Crippen LogP contribution in [0.2, 0.25) is 0 Å². The molecule has 0 radical (unpaired) electrons. The first-order valence-electron chi connectivity index (χ1n) is 6.27. The molecular weight excluding hydrogens is 218 g/mol. The quantitative estimate of drug-likeness (QED) is 0.565. The SMILES string of the molecule is CCC(=CCNC(C)C1CCOC1)C(=O)OC. The van der Waals surface area contributed by atoms with Crippen molar-refractivity contribution in [3.63, 3.8) is 0 Å². The normalized spacial score (nSPS) is 22.5. The Morgan fingerprint density at radius 1 is 1.65 bits per heavy atom. The fourth-order valence-electron chi connectivity index (χ4n) is 1.98. The van der Waals surface area contributed by atoms with Gasteiger partial charge < -0.3 is 14.8 Å². The molecule has 1 aliphatic rings. The van der Waals surface area contributed by atoms with E-state index in [0.29, 0.717) is 24.9 Å². The van der Waals surface area contributed by atoms with Crippen molar-refractivity contribution < 1.29 is 14.3 Å². The first-order valence-corrected chi connectivity index (χ1v) is 6.27. The van der Waals surface area contributed by atoms with Crippen LogP contribution in [0.5, 0.6) is 0 Å². The zero-order chi connectivity index (χ0) is 12.7. The minimum atomic E-state index is -0.230. The summed E-state index contributed by atoms with van der Waals surface area (Å²) in [6, 6.07) is 0.421. The van der Waals surface area contributed by atoms with E-state index in [2.05, 4.69) is 12.2 Å². The molecule has 0 bridgehead atoms. The van der Waals surface area contributed by atoms with Gasteiger partial charge in [-0.15, -0.1) is 0 Å². The Balaban J connectivity index is 2.33. The van der Waals surface area contributed by atoms with E-state index in [0.717, 1.165) is 25.2 Å². The number of carbonyl (C=O) groups is 1. The van der Waals surface area contributed by atoms with E-state index >= 15 is 0 Å². The highest BCUT2D eigenvalue weighted by atomic mass is 16.5. The number of nitrogens with one attached hydrogen (secondary N) is 1. The molecule has 2 atom stereocenters. The minimum Gasteiger partial charge on any atom is -0.466 e. The predicted octanol–water partition coefficient (Wildman–Crippen LogP) is 1.51. The van der Waals surface area contributed by atoms with Crippen molar-refractivity contribution in [1.82, 2.24) is 5.32 Å². The van der Waals surface area contributed by atoms with Gasteiger partial charge in [-0.25, -0.2) is 4.79 Å². The highest BCUT2D eigenvalue weighted by molar-refractivity contribution is 5.88. The predicted molar refractivity (Wildman–Crippen MR) is 66.8 cm³/mol. The number of esters is 1. The molecule has 1 rings (SSSR count). The van der Waals surface area contributed by atoms with Crippen molar-refractivity contribution in [1.29, 1.82) is 0 Å². The van der Waals surface area contributed by atoms with Gasteiger partial charge in [-0.1, -0.05) is 13.0 Å². The van der Waals surface area contributed by atoms with Crippen LogP contribution in [0.4, 0.5) is 0 Å². The molecule has 0 aromatic heterocycles. The molecular formula is C13H23NO3. The van der Waals surface area contributed by atoms with Crippen molar-refractivity contribution in [2.75, 3.05) is 26.9 Å². The standard InChI is InChI=1S/C13H23NO3/c1-4-11(13(15)16-3)5-7-14-10(2)12-6-8-17-9-12/h5,10,12,14H,4,6-9H2,1-3H3. The maximum absolute atomic E-state index is 11.3. The largest absolute Gasteiger partial charge is 0.466 e. The highest BCUT2D eigenvalue weighted by Crippen LogP contribution is 2.16. The molecule has 1 aliphatic heterocycles. The summed E-state index contributed by atoms with van der Waals surface area (Å²) in [5.41, 5.74) is 0.731. The number of hydrogen-bond donors (Lipinski definition) is 1. The summed E-state index contributed by atoms with van der Waals surface area (Å²) in [4.78, 5) is 11.3. The second-order valence-electron chi connectivity index (χ2n) is 4.40. The molecule has 1 fully saturated rings. The number of ether oxygens (including phenoxy) is 2. The van der Waals surface area contributed by atoms with Crippen LogP contribution in [0, 0.1) is 5.92 Å². The molecule has 1 N–H and O–H groups in total. The number of hydrogen-bond acceptors (Lipinski definition) is 4. The Bertz CT molecular complexity index is 270. The zero-order valence-corrected chi connectivity index (χ0v) is 11.0. The van der Waals surface area contributed by atoms with Crippen molar-refractivity contribution in [2.24, 2.45) is 5.92 Å². The van der Waals surface area contributed by atoms with Gasteiger partial charge >= 0.3 is 5.97 Å². The third-order valence-electron chi connectivity index (χ3n) is 3.29. The van der Waals surface area contributed by atoms with Crippen LogP contribution in [0.3, 0.4) is 0 Å². The second-order valence-corrected chi connectivity index (χ2v) is 4.40. The lowest BCUT2D eigenvalue weighted by molar-refractivity contribution is -0.136. The van der Waals surface area contributed by atoms with Crippen LogP contribution in [0.15, 0.2) is 11.6 Å². The van der Waals surface area contributed by atoms with Gasteiger partial charge in [-0.2, -0.15) is 0 Å². The Morgan fingerprint density at radius 3 is 2.94 bits per heavy atom. The van der Waals surface area contributed by atoms with Crippen LogP contribution in [-0.2, 0) is 14.3 Å². The van der Waals surface area contributed by atoms with E-state index < -0.39 is 0 Å². The Hall–Kier alpha value is -0.870. The summed E-state index contributed by atoms with van der Waals surface area (Å²) in [5, 5.41) is 3.40. The summed E-state index contributed by atoms with van der Waals surface area (Å²) < 4.78 is 10.1. The fraction of sp³-hybridized carbons (Fsp3) is 0.769. The van der Waals surface area contributed by atoms with E-state index in [1.807, 2.05) is 13.0 Å². The number of methoxy groups -OCH3 is 1. The van der Waals surface area contributed by atoms with Gasteiger partial charge in [-0.05, 0) is 25.7 Å². The highest BCUT2D eigenvalue weighted by Gasteiger charge is 2.21. The van der Waals surface area contributed by atoms with E-state index in [4.69, 9.17) is 9.47 Å². The maximum Gasteiger partial charge on any atom is 0.333 e. The second kappa shape index (κ2) is 7.45. The summed E-state index contributed by atoms with van der Waals surface area (Å²) in [5.74, 6) is 0.359. The minimum absolute atomic E-state index is 0.230. The molecule has 0 aromatic rings. The average molecular weight is 241 g/mol. The molecule has 2 unspecified atom stereocenters. The number of carbonyl (C=O) groups excluding carboxylic acids is 1. The summed E-state index contributed by atoms with van der Waals surface area (Å²) in [6.45, 7) is 6.54. The topological polar surface area (TPSA) is 47.6 Å². The summed E-state index contributed by atoms with van der Waals surface area (Å²) in [6.07, 6.45) is 3.74. The third-order valence-corrected chi connectivity index (χ3v) is 3.29. The molecule has 0 saturated carbocycles. The van der Waals surface area contributed by atoms with Gasteiger partial charge in [-0.3, -0.25) is 0 Å². The van der Waals surface area contributed by atoms with Gasteiger partial charge in [0.05, 0.1) is 13.7 Å². The number of rotatable bonds is 6. The Morgan fingerprint density at radius 2 is 2.41 bits per heavy atom. The van der Waals surface area contributed by atoms with Gasteiger partial charge in [0.1, 0.15) is 0 Å². The van der Waals surface area contributed by atoms with Gasteiger partial charge in [0.15, 0.2) is 0 Å². The average Bonchev–Trinajstić information content (AvgIpc) is 2.87. The van der Waals surface area contributed by atoms with E-state index in [9.17, 15) is 4.79 Å². The van der Waals surface area contributed by atoms with Gasteiger partial charge in [0, 0.05) is 24.8 Å². The van der Waals surface area contributed by atoms with E-state index in [-0.39, 0.29) is 5.97 Å². The maximum atomic E-state index is 11.3. The summed E-state index contributed by atoms with van der Waals surface area (Å²) in [7, 11) is 1.41. The molecule has 0 spiro atoms. The van der Waals surface area contributed by atoms with Crippen molar-refractivity contribution in [3.8, 4) is 0 Å². The molecule has 4 nitrogen and oxygen atoms in total. The van der Waals surface area contributed by atoms with Gasteiger partial charge in [0.2, 0.25) is 0 Å². The fourth-order valence-corrected chi connectivity index (χ4v) is 1.98. The molecule has 0 aromatic carbocycles. The monoisotopic (exact) mass is 241 g/mol. The first-order chi connectivity index (χ1) is 8.19. The molecule has 4 heteroatoms. The van der Waals surface area contributed by atoms with Crippen LogP contribution in [0.1, 0.15) is 26.7 Å². The lowest BCUT2D eigenvalue weighted by Crippen LogP contribution is -2.34. The Kier molecular flexibility index (Phi) is 6.22. The van der Waals surface area contributed by atoms with Crippen LogP contribution in [-0.4, -0.2) is 38.9 Å². The van der Waals surface area contributed by atoms with E-state index in [1.54, 1.807) is 0 Å².